The summed E-state index contributed by atoms with van der Waals surface area (Å²) in [6, 6.07) is 0. The van der Waals surface area contributed by atoms with Gasteiger partial charge in [-0.25, -0.2) is 0 Å². The Kier molecular flexibility index (Phi) is 4.44. The van der Waals surface area contributed by atoms with Crippen LogP contribution in [0.15, 0.2) is 23.8 Å². The monoisotopic (exact) mass is 450 g/mol. The number of fused-ring (bicyclic) bond motifs is 5. The fraction of sp³-hybridized carbons (Fsp3) is 0.682. The summed E-state index contributed by atoms with van der Waals surface area (Å²) in [4.78, 5) is 11.8. The molecular formula is C22H27IO2. The first-order valence-electron chi connectivity index (χ1n) is 9.72. The molecule has 6 atom stereocenters. The number of carbonyl (C=O) groups excluding carboxylic acids is 1. The highest BCUT2D eigenvalue weighted by Crippen LogP contribution is 2.67. The number of allylic oxidation sites excluding steroid dienone is 2. The molecule has 4 aliphatic rings. The molecule has 25 heavy (non-hydrogen) atoms. The summed E-state index contributed by atoms with van der Waals surface area (Å²) >= 11 is 2.06. The van der Waals surface area contributed by atoms with Gasteiger partial charge in [0.15, 0.2) is 5.78 Å². The first-order valence-corrected chi connectivity index (χ1v) is 10.8. The minimum Gasteiger partial charge on any atom is -0.377 e. The summed E-state index contributed by atoms with van der Waals surface area (Å²) < 4.78 is 2.97. The number of carbonyl (C=O) groups is 1. The zero-order chi connectivity index (χ0) is 17.8. The Morgan fingerprint density at radius 2 is 2.16 bits per heavy atom. The number of ketones is 1. The molecule has 4 rings (SSSR count). The zero-order valence-corrected chi connectivity index (χ0v) is 17.1. The molecule has 0 heterocycles. The van der Waals surface area contributed by atoms with Gasteiger partial charge in [0.25, 0.3) is 0 Å². The Labute approximate surface area is 164 Å². The van der Waals surface area contributed by atoms with Crippen LogP contribution in [0.5, 0.6) is 0 Å². The van der Waals surface area contributed by atoms with Gasteiger partial charge in [0.1, 0.15) is 5.60 Å². The first-order chi connectivity index (χ1) is 12.0. The van der Waals surface area contributed by atoms with Crippen LogP contribution in [0, 0.1) is 38.9 Å². The smallest absolute Gasteiger partial charge is 0.155 e. The van der Waals surface area contributed by atoms with Crippen molar-refractivity contribution in [3.8, 4) is 9.85 Å². The second kappa shape index (κ2) is 6.23. The summed E-state index contributed by atoms with van der Waals surface area (Å²) in [5.74, 6) is 5.65. The lowest BCUT2D eigenvalue weighted by molar-refractivity contribution is -0.116. The first kappa shape index (κ1) is 17.8. The van der Waals surface area contributed by atoms with Crippen molar-refractivity contribution in [3.05, 3.63) is 23.8 Å². The van der Waals surface area contributed by atoms with Gasteiger partial charge in [-0.1, -0.05) is 30.6 Å². The van der Waals surface area contributed by atoms with Crippen molar-refractivity contribution in [2.24, 2.45) is 29.1 Å². The summed E-state index contributed by atoms with van der Waals surface area (Å²) in [5.41, 5.74) is 1.70. The molecule has 134 valence electrons. The van der Waals surface area contributed by atoms with E-state index in [1.54, 1.807) is 0 Å². The largest absolute Gasteiger partial charge is 0.377 e. The predicted molar refractivity (Wildman–Crippen MR) is 108 cm³/mol. The Balaban J connectivity index is 1.74. The minimum absolute atomic E-state index is 0.130. The van der Waals surface area contributed by atoms with E-state index in [9.17, 15) is 9.90 Å². The van der Waals surface area contributed by atoms with Crippen molar-refractivity contribution >= 4 is 28.4 Å². The van der Waals surface area contributed by atoms with E-state index in [0.717, 1.165) is 44.9 Å². The van der Waals surface area contributed by atoms with Crippen LogP contribution in [-0.2, 0) is 4.79 Å². The SMILES string of the molecule is C=C1C[C@@]2(CC)[C@@H](CC[C@@]2(O)C#CI)[C@@H]2CCC3=CC(=O)CC[C@@H]3[C@@H]12. The van der Waals surface area contributed by atoms with Gasteiger partial charge in [0.05, 0.1) is 0 Å². The molecule has 2 nitrogen and oxygen atoms in total. The van der Waals surface area contributed by atoms with Gasteiger partial charge >= 0.3 is 0 Å². The maximum Gasteiger partial charge on any atom is 0.155 e. The van der Waals surface area contributed by atoms with E-state index in [1.165, 1.54) is 11.1 Å². The fourth-order valence-corrected chi connectivity index (χ4v) is 7.40. The van der Waals surface area contributed by atoms with Gasteiger partial charge in [-0.05, 0) is 78.6 Å². The molecule has 0 amide bonds. The highest BCUT2D eigenvalue weighted by atomic mass is 127. The third-order valence-corrected chi connectivity index (χ3v) is 8.22. The van der Waals surface area contributed by atoms with Crippen molar-refractivity contribution in [2.75, 3.05) is 0 Å². The molecule has 0 aromatic heterocycles. The molecule has 0 unspecified atom stereocenters. The molecule has 0 radical (unpaired) electrons. The highest BCUT2D eigenvalue weighted by molar-refractivity contribution is 14.1. The lowest BCUT2D eigenvalue weighted by Crippen LogP contribution is -2.54. The number of hydrogen-bond donors (Lipinski definition) is 1. The van der Waals surface area contributed by atoms with Crippen molar-refractivity contribution in [3.63, 3.8) is 0 Å². The Morgan fingerprint density at radius 1 is 1.36 bits per heavy atom. The second-order valence-corrected chi connectivity index (χ2v) is 9.17. The maximum absolute atomic E-state index is 11.8. The summed E-state index contributed by atoms with van der Waals surface area (Å²) in [6.07, 6.45) is 9.55. The number of hydrogen-bond acceptors (Lipinski definition) is 2. The molecule has 1 N–H and O–H groups in total. The van der Waals surface area contributed by atoms with E-state index in [-0.39, 0.29) is 5.41 Å². The number of rotatable bonds is 1. The molecule has 0 aliphatic heterocycles. The molecule has 4 aliphatic carbocycles. The molecule has 0 saturated heterocycles. The van der Waals surface area contributed by atoms with Crippen LogP contribution in [0.2, 0.25) is 0 Å². The highest BCUT2D eigenvalue weighted by Gasteiger charge is 2.64. The van der Waals surface area contributed by atoms with E-state index in [2.05, 4.69) is 45.9 Å². The number of aliphatic hydroxyl groups is 1. The van der Waals surface area contributed by atoms with Crippen LogP contribution in [0.1, 0.15) is 58.3 Å². The van der Waals surface area contributed by atoms with Crippen molar-refractivity contribution in [2.45, 2.75) is 63.9 Å². The van der Waals surface area contributed by atoms with E-state index in [4.69, 9.17) is 0 Å². The number of halogens is 1. The molecular weight excluding hydrogens is 423 g/mol. The maximum atomic E-state index is 11.8. The molecule has 3 fully saturated rings. The third-order valence-electron chi connectivity index (χ3n) is 7.95. The van der Waals surface area contributed by atoms with Crippen LogP contribution < -0.4 is 0 Å². The Bertz CT molecular complexity index is 711. The lowest BCUT2D eigenvalue weighted by atomic mass is 9.48. The Morgan fingerprint density at radius 3 is 2.88 bits per heavy atom. The zero-order valence-electron chi connectivity index (χ0n) is 15.0. The van der Waals surface area contributed by atoms with E-state index < -0.39 is 5.60 Å². The lowest BCUT2D eigenvalue weighted by Gasteiger charge is -2.56. The topological polar surface area (TPSA) is 37.3 Å². The summed E-state index contributed by atoms with van der Waals surface area (Å²) in [7, 11) is 0. The quantitative estimate of drug-likeness (QED) is 0.354. The van der Waals surface area contributed by atoms with E-state index in [0.29, 0.717) is 35.9 Å². The van der Waals surface area contributed by atoms with Crippen molar-refractivity contribution in [1.29, 1.82) is 0 Å². The second-order valence-electron chi connectivity index (χ2n) is 8.63. The minimum atomic E-state index is -0.861. The van der Waals surface area contributed by atoms with Crippen LogP contribution in [0.3, 0.4) is 0 Å². The average molecular weight is 450 g/mol. The standard InChI is InChI=1S/C22H27IO2/c1-3-21-13-14(2)20-17-7-5-16(24)12-15(17)4-6-18(20)19(21)8-9-22(21,25)10-11-23/h12,17-20,25H,2-9,13H2,1H3/t17-,18-,19-,20+,21-,22+/m0/s1. The molecule has 0 aromatic carbocycles. The summed E-state index contributed by atoms with van der Waals surface area (Å²) in [6.45, 7) is 6.74. The van der Waals surface area contributed by atoms with Gasteiger partial charge in [0, 0.05) is 34.4 Å². The molecule has 0 bridgehead atoms. The van der Waals surface area contributed by atoms with Gasteiger partial charge in [0.2, 0.25) is 0 Å². The Hall–Kier alpha value is -0.600. The van der Waals surface area contributed by atoms with Gasteiger partial charge in [-0.2, -0.15) is 0 Å². The van der Waals surface area contributed by atoms with Gasteiger partial charge < -0.3 is 5.11 Å². The average Bonchev–Trinajstić information content (AvgIpc) is 2.87. The van der Waals surface area contributed by atoms with Crippen molar-refractivity contribution in [1.82, 2.24) is 0 Å². The molecule has 0 aromatic rings. The summed E-state index contributed by atoms with van der Waals surface area (Å²) in [5, 5.41) is 11.4. The molecule has 3 saturated carbocycles. The van der Waals surface area contributed by atoms with Gasteiger partial charge in [-0.15, -0.1) is 0 Å². The molecule has 0 spiro atoms. The third kappa shape index (κ3) is 2.43. The fourth-order valence-electron chi connectivity index (χ4n) is 6.95. The van der Waals surface area contributed by atoms with Crippen LogP contribution in [0.4, 0.5) is 0 Å². The normalized spacial score (nSPS) is 45.6. The molecule has 3 heteroatoms. The van der Waals surface area contributed by atoms with Crippen molar-refractivity contribution < 1.29 is 9.90 Å². The van der Waals surface area contributed by atoms with E-state index in [1.807, 2.05) is 6.08 Å². The van der Waals surface area contributed by atoms with E-state index >= 15 is 0 Å². The predicted octanol–water partition coefficient (Wildman–Crippen LogP) is 4.81. The van der Waals surface area contributed by atoms with Crippen LogP contribution >= 0.6 is 22.6 Å². The van der Waals surface area contributed by atoms with Crippen LogP contribution in [0.25, 0.3) is 0 Å². The van der Waals surface area contributed by atoms with Crippen LogP contribution in [-0.4, -0.2) is 16.5 Å². The van der Waals surface area contributed by atoms with Gasteiger partial charge in [-0.3, -0.25) is 4.79 Å².